The van der Waals surface area contributed by atoms with E-state index in [1.807, 2.05) is 19.2 Å². The Balaban J connectivity index is 2.30. The summed E-state index contributed by atoms with van der Waals surface area (Å²) >= 11 is 1.49. The Kier molecular flexibility index (Phi) is 3.79. The number of hydrogen-bond acceptors (Lipinski definition) is 6. The average molecular weight is 281 g/mol. The second-order valence-electron chi connectivity index (χ2n) is 4.45. The molecule has 0 aliphatic heterocycles. The third kappa shape index (κ3) is 2.73. The van der Waals surface area contributed by atoms with Crippen LogP contribution in [0.4, 0.5) is 11.5 Å². The summed E-state index contributed by atoms with van der Waals surface area (Å²) in [6.45, 7) is 4.22. The Morgan fingerprint density at radius 2 is 2.32 bits per heavy atom. The lowest BCUT2D eigenvalue weighted by Gasteiger charge is -2.04. The molecule has 0 saturated heterocycles. The zero-order valence-corrected chi connectivity index (χ0v) is 11.8. The Labute approximate surface area is 114 Å². The molecule has 19 heavy (non-hydrogen) atoms. The van der Waals surface area contributed by atoms with Crippen LogP contribution in [-0.2, 0) is 13.6 Å². The fourth-order valence-electron chi connectivity index (χ4n) is 1.80. The number of nitro groups is 1. The quantitative estimate of drug-likeness (QED) is 0.672. The van der Waals surface area contributed by atoms with Gasteiger partial charge >= 0.3 is 5.69 Å². The highest BCUT2D eigenvalue weighted by atomic mass is 32.1. The molecular weight excluding hydrogens is 266 g/mol. The van der Waals surface area contributed by atoms with Crippen molar-refractivity contribution in [1.82, 2.24) is 14.8 Å². The molecule has 1 N–H and O–H groups in total. The number of thiazole rings is 1. The first kappa shape index (κ1) is 13.5. The van der Waals surface area contributed by atoms with Gasteiger partial charge in [0.25, 0.3) is 0 Å². The standard InChI is InChI=1S/C11H15N5O2S/c1-7(2)9-10(16(17)18)11(15(3)14-9)12-4-8-5-19-6-13-8/h5-7,12H,4H2,1-3H3. The van der Waals surface area contributed by atoms with E-state index < -0.39 is 0 Å². The molecule has 0 aliphatic carbocycles. The molecule has 2 aromatic heterocycles. The van der Waals surface area contributed by atoms with Gasteiger partial charge in [0.05, 0.1) is 22.7 Å². The lowest BCUT2D eigenvalue weighted by molar-refractivity contribution is -0.384. The fraction of sp³-hybridized carbons (Fsp3) is 0.455. The number of aromatic nitrogens is 3. The lowest BCUT2D eigenvalue weighted by Crippen LogP contribution is -2.06. The van der Waals surface area contributed by atoms with Crippen LogP contribution in [0.1, 0.15) is 31.2 Å². The van der Waals surface area contributed by atoms with Gasteiger partial charge in [-0.25, -0.2) is 9.67 Å². The summed E-state index contributed by atoms with van der Waals surface area (Å²) in [7, 11) is 1.70. The van der Waals surface area contributed by atoms with Gasteiger partial charge in [-0.2, -0.15) is 5.10 Å². The Hall–Kier alpha value is -1.96. The largest absolute Gasteiger partial charge is 0.359 e. The minimum absolute atomic E-state index is 0.00132. The van der Waals surface area contributed by atoms with Gasteiger partial charge in [-0.3, -0.25) is 10.1 Å². The van der Waals surface area contributed by atoms with Crippen LogP contribution in [0.25, 0.3) is 0 Å². The molecule has 2 heterocycles. The normalized spacial score (nSPS) is 10.9. The number of nitrogens with zero attached hydrogens (tertiary/aromatic N) is 4. The Bertz CT molecular complexity index is 576. The molecule has 0 radical (unpaired) electrons. The summed E-state index contributed by atoms with van der Waals surface area (Å²) in [5, 5.41) is 20.4. The van der Waals surface area contributed by atoms with Crippen molar-refractivity contribution < 1.29 is 4.92 Å². The molecule has 0 amide bonds. The van der Waals surface area contributed by atoms with Crippen molar-refractivity contribution in [1.29, 1.82) is 0 Å². The summed E-state index contributed by atoms with van der Waals surface area (Å²) in [5.41, 5.74) is 3.13. The van der Waals surface area contributed by atoms with E-state index in [0.717, 1.165) is 5.69 Å². The first-order valence-electron chi connectivity index (χ1n) is 5.83. The Morgan fingerprint density at radius 1 is 1.58 bits per heavy atom. The van der Waals surface area contributed by atoms with E-state index in [2.05, 4.69) is 15.4 Å². The summed E-state index contributed by atoms with van der Waals surface area (Å²) in [5.74, 6) is 0.420. The zero-order chi connectivity index (χ0) is 14.0. The van der Waals surface area contributed by atoms with Crippen molar-refractivity contribution >= 4 is 22.8 Å². The van der Waals surface area contributed by atoms with Crippen molar-refractivity contribution in [2.75, 3.05) is 5.32 Å². The molecule has 0 fully saturated rings. The highest BCUT2D eigenvalue weighted by Crippen LogP contribution is 2.32. The van der Waals surface area contributed by atoms with Crippen LogP contribution in [0, 0.1) is 10.1 Å². The van der Waals surface area contributed by atoms with Crippen molar-refractivity contribution in [3.63, 3.8) is 0 Å². The predicted molar refractivity (Wildman–Crippen MR) is 73.4 cm³/mol. The van der Waals surface area contributed by atoms with Gasteiger partial charge in [-0.15, -0.1) is 11.3 Å². The predicted octanol–water partition coefficient (Wildman–Crippen LogP) is 2.52. The van der Waals surface area contributed by atoms with Gasteiger partial charge < -0.3 is 5.32 Å². The first-order valence-corrected chi connectivity index (χ1v) is 6.77. The van der Waals surface area contributed by atoms with Crippen LogP contribution < -0.4 is 5.32 Å². The summed E-state index contributed by atoms with van der Waals surface area (Å²) in [4.78, 5) is 15.0. The first-order chi connectivity index (χ1) is 9.00. The molecule has 0 saturated carbocycles. The van der Waals surface area contributed by atoms with E-state index in [9.17, 15) is 10.1 Å². The fourth-order valence-corrected chi connectivity index (χ4v) is 2.36. The number of aryl methyl sites for hydroxylation is 1. The molecule has 0 aliphatic rings. The highest BCUT2D eigenvalue weighted by molar-refractivity contribution is 7.07. The van der Waals surface area contributed by atoms with Gasteiger partial charge in [0.1, 0.15) is 5.69 Å². The van der Waals surface area contributed by atoms with E-state index in [0.29, 0.717) is 18.1 Å². The van der Waals surface area contributed by atoms with Crippen molar-refractivity contribution in [2.45, 2.75) is 26.3 Å². The van der Waals surface area contributed by atoms with Crippen molar-refractivity contribution in [3.8, 4) is 0 Å². The monoisotopic (exact) mass is 281 g/mol. The molecule has 102 valence electrons. The maximum absolute atomic E-state index is 11.2. The maximum atomic E-state index is 11.2. The van der Waals surface area contributed by atoms with Crippen LogP contribution in [0.3, 0.4) is 0 Å². The molecule has 2 rings (SSSR count). The van der Waals surface area contributed by atoms with Crippen LogP contribution in [-0.4, -0.2) is 19.7 Å². The second kappa shape index (κ2) is 5.35. The topological polar surface area (TPSA) is 85.9 Å². The molecule has 2 aromatic rings. The molecule has 0 spiro atoms. The van der Waals surface area contributed by atoms with Crippen LogP contribution >= 0.6 is 11.3 Å². The van der Waals surface area contributed by atoms with Gasteiger partial charge in [0, 0.05) is 18.3 Å². The molecule has 8 heteroatoms. The average Bonchev–Trinajstić information content (AvgIpc) is 2.93. The minimum Gasteiger partial charge on any atom is -0.359 e. The molecule has 0 unspecified atom stereocenters. The third-order valence-electron chi connectivity index (χ3n) is 2.70. The van der Waals surface area contributed by atoms with Gasteiger partial charge in [-0.05, 0) is 0 Å². The van der Waals surface area contributed by atoms with E-state index in [4.69, 9.17) is 0 Å². The van der Waals surface area contributed by atoms with Gasteiger partial charge in [-0.1, -0.05) is 13.8 Å². The number of rotatable bonds is 5. The molecule has 0 bridgehead atoms. The Morgan fingerprint density at radius 3 is 2.84 bits per heavy atom. The van der Waals surface area contributed by atoms with Crippen LogP contribution in [0.5, 0.6) is 0 Å². The van der Waals surface area contributed by atoms with Crippen molar-refractivity contribution in [2.24, 2.45) is 7.05 Å². The SMILES string of the molecule is CC(C)c1nn(C)c(NCc2cscn2)c1[N+](=O)[O-]. The van der Waals surface area contributed by atoms with Gasteiger partial charge in [0.2, 0.25) is 5.82 Å². The van der Waals surface area contributed by atoms with E-state index in [-0.39, 0.29) is 16.5 Å². The van der Waals surface area contributed by atoms with E-state index >= 15 is 0 Å². The molecule has 0 aromatic carbocycles. The van der Waals surface area contributed by atoms with Crippen LogP contribution in [0.2, 0.25) is 0 Å². The molecular formula is C11H15N5O2S. The number of anilines is 1. The van der Waals surface area contributed by atoms with E-state index in [1.54, 1.807) is 12.6 Å². The summed E-state index contributed by atoms with van der Waals surface area (Å²) in [6.07, 6.45) is 0. The highest BCUT2D eigenvalue weighted by Gasteiger charge is 2.28. The zero-order valence-electron chi connectivity index (χ0n) is 11.0. The second-order valence-corrected chi connectivity index (χ2v) is 5.17. The smallest absolute Gasteiger partial charge is 0.334 e. The number of hydrogen-bond donors (Lipinski definition) is 1. The summed E-state index contributed by atoms with van der Waals surface area (Å²) < 4.78 is 1.51. The van der Waals surface area contributed by atoms with E-state index in [1.165, 1.54) is 16.0 Å². The summed E-state index contributed by atoms with van der Waals surface area (Å²) in [6, 6.07) is 0. The van der Waals surface area contributed by atoms with Crippen LogP contribution in [0.15, 0.2) is 10.9 Å². The molecule has 7 nitrogen and oxygen atoms in total. The molecule has 0 atom stereocenters. The maximum Gasteiger partial charge on any atom is 0.334 e. The van der Waals surface area contributed by atoms with Gasteiger partial charge in [0.15, 0.2) is 0 Å². The van der Waals surface area contributed by atoms with Crippen molar-refractivity contribution in [3.05, 3.63) is 32.4 Å². The minimum atomic E-state index is -0.383. The third-order valence-corrected chi connectivity index (χ3v) is 3.33. The number of nitrogens with one attached hydrogen (secondary N) is 1. The lowest BCUT2D eigenvalue weighted by atomic mass is 10.1.